The monoisotopic (exact) mass is 253 g/mol. The van der Waals surface area contributed by atoms with E-state index < -0.39 is 0 Å². The molecule has 0 aliphatic rings. The molecule has 1 rings (SSSR count). The van der Waals surface area contributed by atoms with Gasteiger partial charge in [-0.05, 0) is 56.5 Å². The second-order valence-corrected chi connectivity index (χ2v) is 5.23. The topological polar surface area (TPSA) is 21.3 Å². The molecule has 0 spiro atoms. The number of hydrogen-bond donors (Lipinski definition) is 1. The number of aryl methyl sites for hydroxylation is 1. The van der Waals surface area contributed by atoms with Gasteiger partial charge < -0.3 is 10.1 Å². The lowest BCUT2D eigenvalue weighted by Gasteiger charge is -2.16. The standard InChI is InChI=1S/C15H24FNO/c1-11(2)7-8-17-10-13(4)18-14-5-6-15(16)12(3)9-14/h5-6,9,11,13,17H,7-8,10H2,1-4H3. The molecule has 102 valence electrons. The quantitative estimate of drug-likeness (QED) is 0.750. The summed E-state index contributed by atoms with van der Waals surface area (Å²) in [7, 11) is 0. The fourth-order valence-corrected chi connectivity index (χ4v) is 1.66. The highest BCUT2D eigenvalue weighted by atomic mass is 19.1. The van der Waals surface area contributed by atoms with Crippen LogP contribution < -0.4 is 10.1 Å². The first-order chi connectivity index (χ1) is 8.49. The van der Waals surface area contributed by atoms with Crippen LogP contribution in [0.2, 0.25) is 0 Å². The van der Waals surface area contributed by atoms with Crippen molar-refractivity contribution in [3.63, 3.8) is 0 Å². The molecule has 0 amide bonds. The van der Waals surface area contributed by atoms with Gasteiger partial charge in [0.1, 0.15) is 17.7 Å². The molecule has 2 nitrogen and oxygen atoms in total. The van der Waals surface area contributed by atoms with Crippen molar-refractivity contribution in [2.75, 3.05) is 13.1 Å². The van der Waals surface area contributed by atoms with Crippen molar-refractivity contribution in [2.24, 2.45) is 5.92 Å². The molecular weight excluding hydrogens is 229 g/mol. The fraction of sp³-hybridized carbons (Fsp3) is 0.600. The van der Waals surface area contributed by atoms with E-state index in [0.717, 1.165) is 18.8 Å². The zero-order chi connectivity index (χ0) is 13.5. The summed E-state index contributed by atoms with van der Waals surface area (Å²) in [6.45, 7) is 10.00. The lowest BCUT2D eigenvalue weighted by molar-refractivity contribution is 0.216. The largest absolute Gasteiger partial charge is 0.489 e. The van der Waals surface area contributed by atoms with Gasteiger partial charge in [0, 0.05) is 6.54 Å². The average molecular weight is 253 g/mol. The smallest absolute Gasteiger partial charge is 0.126 e. The molecule has 0 aromatic heterocycles. The van der Waals surface area contributed by atoms with Crippen LogP contribution in [-0.4, -0.2) is 19.2 Å². The van der Waals surface area contributed by atoms with E-state index >= 15 is 0 Å². The first-order valence-corrected chi connectivity index (χ1v) is 6.62. The Morgan fingerprint density at radius 2 is 2.00 bits per heavy atom. The molecule has 0 aliphatic heterocycles. The molecule has 1 aromatic carbocycles. The van der Waals surface area contributed by atoms with Crippen LogP contribution in [0.5, 0.6) is 5.75 Å². The Morgan fingerprint density at radius 1 is 1.28 bits per heavy atom. The second-order valence-electron chi connectivity index (χ2n) is 5.23. The van der Waals surface area contributed by atoms with Gasteiger partial charge in [-0.1, -0.05) is 13.8 Å². The summed E-state index contributed by atoms with van der Waals surface area (Å²) in [5.41, 5.74) is 0.618. The van der Waals surface area contributed by atoms with Crippen LogP contribution in [0.3, 0.4) is 0 Å². The predicted octanol–water partition coefficient (Wildman–Crippen LogP) is 3.54. The molecular formula is C15H24FNO. The Hall–Kier alpha value is -1.09. The molecule has 1 atom stereocenters. The van der Waals surface area contributed by atoms with Crippen molar-refractivity contribution in [1.29, 1.82) is 0 Å². The summed E-state index contributed by atoms with van der Waals surface area (Å²) < 4.78 is 18.8. The van der Waals surface area contributed by atoms with E-state index in [-0.39, 0.29) is 11.9 Å². The van der Waals surface area contributed by atoms with Crippen LogP contribution in [0.25, 0.3) is 0 Å². The molecule has 0 fully saturated rings. The van der Waals surface area contributed by atoms with Crippen molar-refractivity contribution in [2.45, 2.75) is 40.2 Å². The minimum Gasteiger partial charge on any atom is -0.489 e. The number of benzene rings is 1. The van der Waals surface area contributed by atoms with E-state index in [1.54, 1.807) is 19.1 Å². The highest BCUT2D eigenvalue weighted by molar-refractivity contribution is 5.28. The average Bonchev–Trinajstić information content (AvgIpc) is 2.29. The van der Waals surface area contributed by atoms with Gasteiger partial charge in [-0.2, -0.15) is 0 Å². The maximum Gasteiger partial charge on any atom is 0.126 e. The van der Waals surface area contributed by atoms with Gasteiger partial charge in [-0.3, -0.25) is 0 Å². The number of hydrogen-bond acceptors (Lipinski definition) is 2. The lowest BCUT2D eigenvalue weighted by atomic mass is 10.1. The maximum absolute atomic E-state index is 13.1. The van der Waals surface area contributed by atoms with Crippen molar-refractivity contribution in [3.05, 3.63) is 29.6 Å². The van der Waals surface area contributed by atoms with Crippen LogP contribution >= 0.6 is 0 Å². The van der Waals surface area contributed by atoms with Crippen LogP contribution in [-0.2, 0) is 0 Å². The summed E-state index contributed by atoms with van der Waals surface area (Å²) in [4.78, 5) is 0. The van der Waals surface area contributed by atoms with Gasteiger partial charge >= 0.3 is 0 Å². The molecule has 18 heavy (non-hydrogen) atoms. The van der Waals surface area contributed by atoms with E-state index in [9.17, 15) is 4.39 Å². The van der Waals surface area contributed by atoms with Gasteiger partial charge in [-0.25, -0.2) is 4.39 Å². The number of rotatable bonds is 7. The normalized spacial score (nSPS) is 12.8. The van der Waals surface area contributed by atoms with Crippen LogP contribution in [0.4, 0.5) is 4.39 Å². The minimum atomic E-state index is -0.190. The molecule has 0 aliphatic carbocycles. The van der Waals surface area contributed by atoms with Crippen LogP contribution in [0.1, 0.15) is 32.8 Å². The van der Waals surface area contributed by atoms with E-state index in [2.05, 4.69) is 19.2 Å². The Labute approximate surface area is 110 Å². The molecule has 0 saturated carbocycles. The van der Waals surface area contributed by atoms with Gasteiger partial charge in [0.05, 0.1) is 0 Å². The molecule has 1 unspecified atom stereocenters. The first-order valence-electron chi connectivity index (χ1n) is 6.62. The van der Waals surface area contributed by atoms with E-state index in [4.69, 9.17) is 4.74 Å². The van der Waals surface area contributed by atoms with Gasteiger partial charge in [-0.15, -0.1) is 0 Å². The lowest BCUT2D eigenvalue weighted by Crippen LogP contribution is -2.30. The third kappa shape index (κ3) is 5.50. The molecule has 1 N–H and O–H groups in total. The van der Waals surface area contributed by atoms with Crippen molar-refractivity contribution in [1.82, 2.24) is 5.32 Å². The minimum absolute atomic E-state index is 0.0852. The van der Waals surface area contributed by atoms with Crippen molar-refractivity contribution < 1.29 is 9.13 Å². The molecule has 3 heteroatoms. The molecule has 0 radical (unpaired) electrons. The Balaban J connectivity index is 2.31. The molecule has 0 saturated heterocycles. The molecule has 1 aromatic rings. The van der Waals surface area contributed by atoms with Crippen LogP contribution in [0, 0.1) is 18.7 Å². The van der Waals surface area contributed by atoms with Crippen molar-refractivity contribution >= 4 is 0 Å². The predicted molar refractivity (Wildman–Crippen MR) is 73.6 cm³/mol. The fourth-order valence-electron chi connectivity index (χ4n) is 1.66. The van der Waals surface area contributed by atoms with Crippen molar-refractivity contribution in [3.8, 4) is 5.75 Å². The Bertz CT molecular complexity index is 366. The summed E-state index contributed by atoms with van der Waals surface area (Å²) >= 11 is 0. The molecule has 0 heterocycles. The van der Waals surface area contributed by atoms with E-state index in [1.807, 2.05) is 6.92 Å². The maximum atomic E-state index is 13.1. The van der Waals surface area contributed by atoms with E-state index in [1.165, 1.54) is 12.5 Å². The molecule has 0 bridgehead atoms. The third-order valence-corrected chi connectivity index (χ3v) is 2.80. The summed E-state index contributed by atoms with van der Waals surface area (Å²) in [6, 6.07) is 4.86. The number of halogens is 1. The third-order valence-electron chi connectivity index (χ3n) is 2.80. The zero-order valence-corrected chi connectivity index (χ0v) is 11.8. The van der Waals surface area contributed by atoms with Crippen LogP contribution in [0.15, 0.2) is 18.2 Å². The zero-order valence-electron chi connectivity index (χ0n) is 11.8. The number of nitrogens with one attached hydrogen (secondary N) is 1. The summed E-state index contributed by atoms with van der Waals surface area (Å²) in [5.74, 6) is 1.26. The summed E-state index contributed by atoms with van der Waals surface area (Å²) in [5, 5.41) is 3.36. The SMILES string of the molecule is Cc1cc(OC(C)CNCCC(C)C)ccc1F. The van der Waals surface area contributed by atoms with E-state index in [0.29, 0.717) is 11.5 Å². The second kappa shape index (κ2) is 7.37. The van der Waals surface area contributed by atoms with Gasteiger partial charge in [0.2, 0.25) is 0 Å². The summed E-state index contributed by atoms with van der Waals surface area (Å²) in [6.07, 6.45) is 1.25. The highest BCUT2D eigenvalue weighted by Crippen LogP contribution is 2.17. The highest BCUT2D eigenvalue weighted by Gasteiger charge is 2.05. The first kappa shape index (κ1) is 15.0. The van der Waals surface area contributed by atoms with Gasteiger partial charge in [0.15, 0.2) is 0 Å². The van der Waals surface area contributed by atoms with Gasteiger partial charge in [0.25, 0.3) is 0 Å². The Morgan fingerprint density at radius 3 is 2.61 bits per heavy atom. The number of ether oxygens (including phenoxy) is 1. The Kier molecular flexibility index (Phi) is 6.13.